The number of halogens is 1. The minimum absolute atomic E-state index is 0.263. The molecule has 1 aliphatic heterocycles. The van der Waals surface area contributed by atoms with Crippen molar-refractivity contribution < 1.29 is 9.53 Å². The van der Waals surface area contributed by atoms with E-state index in [1.807, 2.05) is 20.8 Å². The number of piperidine rings is 1. The molecule has 1 aromatic rings. The molecule has 0 unspecified atom stereocenters. The molecule has 1 amide bonds. The van der Waals surface area contributed by atoms with Crippen LogP contribution < -0.4 is 4.90 Å². The molecule has 0 aliphatic carbocycles. The van der Waals surface area contributed by atoms with Crippen LogP contribution in [0.25, 0.3) is 0 Å². The average molecular weight is 341 g/mol. The maximum Gasteiger partial charge on any atom is 0.410 e. The summed E-state index contributed by atoms with van der Waals surface area (Å²) in [5.41, 5.74) is -0.458. The molecule has 7 heteroatoms. The minimum atomic E-state index is -0.458. The molecule has 2 heterocycles. The number of hydrogen-bond acceptors (Lipinski definition) is 5. The molecule has 1 aromatic heterocycles. The zero-order valence-electron chi connectivity index (χ0n) is 14.3. The van der Waals surface area contributed by atoms with Crippen LogP contribution in [0.3, 0.4) is 0 Å². The topological polar surface area (TPSA) is 58.6 Å². The van der Waals surface area contributed by atoms with Crippen molar-refractivity contribution in [2.75, 3.05) is 31.6 Å². The van der Waals surface area contributed by atoms with Crippen molar-refractivity contribution in [3.8, 4) is 0 Å². The van der Waals surface area contributed by atoms with Gasteiger partial charge >= 0.3 is 6.09 Å². The molecule has 23 heavy (non-hydrogen) atoms. The highest BCUT2D eigenvalue weighted by Crippen LogP contribution is 2.23. The lowest BCUT2D eigenvalue weighted by atomic mass is 9.96. The molecule has 0 N–H and O–H groups in total. The Hall–Kier alpha value is -1.56. The molecule has 1 fully saturated rings. The SMILES string of the molecule is CN(CC1CCN(c2cncc(Cl)n2)CC1)C(=O)OC(C)(C)C. The number of anilines is 1. The van der Waals surface area contributed by atoms with E-state index in [-0.39, 0.29) is 6.09 Å². The molecule has 2 rings (SSSR count). The maximum absolute atomic E-state index is 12.0. The summed E-state index contributed by atoms with van der Waals surface area (Å²) in [6, 6.07) is 0. The van der Waals surface area contributed by atoms with Crippen LogP contribution in [-0.2, 0) is 4.74 Å². The second-order valence-corrected chi connectivity index (χ2v) is 7.38. The van der Waals surface area contributed by atoms with E-state index in [0.717, 1.165) is 31.7 Å². The number of carbonyl (C=O) groups is 1. The van der Waals surface area contributed by atoms with Gasteiger partial charge in [-0.3, -0.25) is 4.98 Å². The molecule has 0 atom stereocenters. The predicted octanol–water partition coefficient (Wildman–Crippen LogP) is 3.21. The van der Waals surface area contributed by atoms with Gasteiger partial charge < -0.3 is 14.5 Å². The van der Waals surface area contributed by atoms with Gasteiger partial charge in [-0.1, -0.05) is 11.6 Å². The van der Waals surface area contributed by atoms with Crippen molar-refractivity contribution in [3.63, 3.8) is 0 Å². The quantitative estimate of drug-likeness (QED) is 0.845. The third-order valence-corrected chi connectivity index (χ3v) is 3.95. The number of rotatable bonds is 3. The van der Waals surface area contributed by atoms with Gasteiger partial charge in [-0.05, 0) is 39.5 Å². The van der Waals surface area contributed by atoms with Crippen LogP contribution in [-0.4, -0.2) is 53.2 Å². The minimum Gasteiger partial charge on any atom is -0.444 e. The van der Waals surface area contributed by atoms with Crippen molar-refractivity contribution >= 4 is 23.5 Å². The zero-order chi connectivity index (χ0) is 17.0. The summed E-state index contributed by atoms with van der Waals surface area (Å²) in [6.45, 7) is 8.13. The Labute approximate surface area is 142 Å². The first-order valence-electron chi connectivity index (χ1n) is 7.91. The maximum atomic E-state index is 12.0. The van der Waals surface area contributed by atoms with Crippen molar-refractivity contribution in [1.82, 2.24) is 14.9 Å². The van der Waals surface area contributed by atoms with E-state index in [4.69, 9.17) is 16.3 Å². The number of ether oxygens (including phenoxy) is 1. The molecule has 1 aliphatic rings. The van der Waals surface area contributed by atoms with Crippen molar-refractivity contribution in [2.24, 2.45) is 5.92 Å². The number of amides is 1. The monoisotopic (exact) mass is 340 g/mol. The fourth-order valence-electron chi connectivity index (χ4n) is 2.63. The molecule has 128 valence electrons. The Morgan fingerprint density at radius 2 is 2.04 bits per heavy atom. The predicted molar refractivity (Wildman–Crippen MR) is 90.8 cm³/mol. The number of nitrogens with zero attached hydrogens (tertiary/aromatic N) is 4. The highest BCUT2D eigenvalue weighted by Gasteiger charge is 2.25. The summed E-state index contributed by atoms with van der Waals surface area (Å²) < 4.78 is 5.39. The summed E-state index contributed by atoms with van der Waals surface area (Å²) in [5, 5.41) is 0.411. The molecule has 0 bridgehead atoms. The average Bonchev–Trinajstić information content (AvgIpc) is 2.46. The number of aromatic nitrogens is 2. The third-order valence-electron chi connectivity index (χ3n) is 3.77. The van der Waals surface area contributed by atoms with Crippen molar-refractivity contribution in [1.29, 1.82) is 0 Å². The number of carbonyl (C=O) groups excluding carboxylic acids is 1. The van der Waals surface area contributed by atoms with Crippen molar-refractivity contribution in [2.45, 2.75) is 39.2 Å². The van der Waals surface area contributed by atoms with E-state index in [9.17, 15) is 4.79 Å². The second-order valence-electron chi connectivity index (χ2n) is 6.99. The first-order chi connectivity index (χ1) is 10.7. The third kappa shape index (κ3) is 5.53. The van der Waals surface area contributed by atoms with Crippen LogP contribution in [0.4, 0.5) is 10.6 Å². The van der Waals surface area contributed by atoms with Crippen LogP contribution >= 0.6 is 11.6 Å². The summed E-state index contributed by atoms with van der Waals surface area (Å²) >= 11 is 5.89. The van der Waals surface area contributed by atoms with Crippen molar-refractivity contribution in [3.05, 3.63) is 17.5 Å². The summed E-state index contributed by atoms with van der Waals surface area (Å²) in [7, 11) is 1.79. The van der Waals surface area contributed by atoms with E-state index < -0.39 is 5.60 Å². The highest BCUT2D eigenvalue weighted by molar-refractivity contribution is 6.29. The van der Waals surface area contributed by atoms with Crippen LogP contribution in [0.1, 0.15) is 33.6 Å². The molecule has 6 nitrogen and oxygen atoms in total. The lowest BCUT2D eigenvalue weighted by Crippen LogP contribution is -2.41. The Bertz CT molecular complexity index is 539. The Morgan fingerprint density at radius 3 is 2.61 bits per heavy atom. The van der Waals surface area contributed by atoms with E-state index in [1.165, 1.54) is 6.20 Å². The summed E-state index contributed by atoms with van der Waals surface area (Å²) in [5.74, 6) is 1.28. The van der Waals surface area contributed by atoms with Gasteiger partial charge in [0.1, 0.15) is 16.6 Å². The van der Waals surface area contributed by atoms with Gasteiger partial charge in [0.15, 0.2) is 0 Å². The first-order valence-corrected chi connectivity index (χ1v) is 8.29. The highest BCUT2D eigenvalue weighted by atomic mass is 35.5. The Morgan fingerprint density at radius 1 is 1.39 bits per heavy atom. The van der Waals surface area contributed by atoms with Gasteiger partial charge in [-0.15, -0.1) is 0 Å². The molecule has 1 saturated heterocycles. The fraction of sp³-hybridized carbons (Fsp3) is 0.688. The van der Waals surface area contributed by atoms with E-state index in [2.05, 4.69) is 14.9 Å². The standard InChI is InChI=1S/C16H25ClN4O2/c1-16(2,3)23-15(22)20(4)11-12-5-7-21(8-6-12)14-10-18-9-13(17)19-14/h9-10,12H,5-8,11H2,1-4H3. The van der Waals surface area contributed by atoms with Gasteiger partial charge in [-0.2, -0.15) is 0 Å². The zero-order valence-corrected chi connectivity index (χ0v) is 15.0. The molecule has 0 saturated carbocycles. The lowest BCUT2D eigenvalue weighted by molar-refractivity contribution is 0.0266. The van der Waals surface area contributed by atoms with E-state index in [1.54, 1.807) is 18.1 Å². The Balaban J connectivity index is 1.81. The molecular formula is C16H25ClN4O2. The summed E-state index contributed by atoms with van der Waals surface area (Å²) in [6.07, 6.45) is 5.01. The molecule has 0 radical (unpaired) electrons. The second kappa shape index (κ2) is 7.34. The van der Waals surface area contributed by atoms with Gasteiger partial charge in [0.25, 0.3) is 0 Å². The van der Waals surface area contributed by atoms with E-state index >= 15 is 0 Å². The van der Waals surface area contributed by atoms with Crippen LogP contribution in [0.2, 0.25) is 5.15 Å². The molecular weight excluding hydrogens is 316 g/mol. The van der Waals surface area contributed by atoms with Crippen LogP contribution in [0.15, 0.2) is 12.4 Å². The molecule has 0 aromatic carbocycles. The fourth-order valence-corrected chi connectivity index (χ4v) is 2.77. The smallest absolute Gasteiger partial charge is 0.410 e. The Kier molecular flexibility index (Phi) is 5.68. The van der Waals surface area contributed by atoms with Gasteiger partial charge in [-0.25, -0.2) is 9.78 Å². The van der Waals surface area contributed by atoms with Gasteiger partial charge in [0.05, 0.1) is 12.4 Å². The number of hydrogen-bond donors (Lipinski definition) is 0. The van der Waals surface area contributed by atoms with Gasteiger partial charge in [0, 0.05) is 26.7 Å². The van der Waals surface area contributed by atoms with Crippen LogP contribution in [0.5, 0.6) is 0 Å². The van der Waals surface area contributed by atoms with E-state index in [0.29, 0.717) is 17.6 Å². The first kappa shape index (κ1) is 17.8. The largest absolute Gasteiger partial charge is 0.444 e. The normalized spacial score (nSPS) is 16.3. The molecule has 0 spiro atoms. The van der Waals surface area contributed by atoms with Gasteiger partial charge in [0.2, 0.25) is 0 Å². The lowest BCUT2D eigenvalue weighted by Gasteiger charge is -2.34. The van der Waals surface area contributed by atoms with Crippen LogP contribution in [0, 0.1) is 5.92 Å². The summed E-state index contributed by atoms with van der Waals surface area (Å²) in [4.78, 5) is 24.2.